The Bertz CT molecular complexity index is 394. The van der Waals surface area contributed by atoms with Gasteiger partial charge in [-0.2, -0.15) is 5.10 Å². The number of hydrogen-bond acceptors (Lipinski definition) is 4. The Hall–Kier alpha value is -1.69. The van der Waals surface area contributed by atoms with E-state index in [-0.39, 0.29) is 0 Å². The average molecular weight is 193 g/mol. The summed E-state index contributed by atoms with van der Waals surface area (Å²) < 4.78 is 1.86. The predicted octanol–water partition coefficient (Wildman–Crippen LogP) is -0.186. The van der Waals surface area contributed by atoms with Crippen LogP contribution >= 0.6 is 0 Å². The van der Waals surface area contributed by atoms with Crippen molar-refractivity contribution in [2.75, 3.05) is 0 Å². The highest BCUT2D eigenvalue weighted by Gasteiger charge is 2.13. The van der Waals surface area contributed by atoms with Crippen LogP contribution in [0.2, 0.25) is 0 Å². The molecule has 1 unspecified atom stereocenters. The first-order chi connectivity index (χ1) is 6.77. The maximum Gasteiger partial charge on any atom is 0.153 e. The van der Waals surface area contributed by atoms with Crippen molar-refractivity contribution < 1.29 is 5.11 Å². The summed E-state index contributed by atoms with van der Waals surface area (Å²) in [4.78, 5) is 7.98. The van der Waals surface area contributed by atoms with E-state index in [1.807, 2.05) is 17.8 Å². The van der Waals surface area contributed by atoms with Gasteiger partial charge >= 0.3 is 0 Å². The van der Waals surface area contributed by atoms with Gasteiger partial charge in [-0.1, -0.05) is 0 Å². The SMILES string of the molecule is Cn1ccnc1CC(O)c1ncn[nH]1. The number of rotatable bonds is 3. The monoisotopic (exact) mass is 193 g/mol. The van der Waals surface area contributed by atoms with Crippen LogP contribution in [-0.4, -0.2) is 29.8 Å². The van der Waals surface area contributed by atoms with E-state index in [1.54, 1.807) is 6.20 Å². The third-order valence-electron chi connectivity index (χ3n) is 2.05. The molecule has 14 heavy (non-hydrogen) atoms. The minimum atomic E-state index is -0.682. The van der Waals surface area contributed by atoms with Crippen LogP contribution in [0.5, 0.6) is 0 Å². The predicted molar refractivity (Wildman–Crippen MR) is 48.3 cm³/mol. The zero-order valence-corrected chi connectivity index (χ0v) is 7.75. The topological polar surface area (TPSA) is 79.6 Å². The Morgan fingerprint density at radius 2 is 2.43 bits per heavy atom. The van der Waals surface area contributed by atoms with E-state index in [1.165, 1.54) is 6.33 Å². The van der Waals surface area contributed by atoms with E-state index in [4.69, 9.17) is 0 Å². The van der Waals surface area contributed by atoms with Gasteiger partial charge in [-0.25, -0.2) is 9.97 Å². The van der Waals surface area contributed by atoms with Gasteiger partial charge in [0.15, 0.2) is 5.82 Å². The summed E-state index contributed by atoms with van der Waals surface area (Å²) in [7, 11) is 1.88. The van der Waals surface area contributed by atoms with Gasteiger partial charge in [0, 0.05) is 25.9 Å². The lowest BCUT2D eigenvalue weighted by molar-refractivity contribution is 0.165. The van der Waals surface area contributed by atoms with Crippen LogP contribution in [0.25, 0.3) is 0 Å². The molecule has 6 heteroatoms. The standard InChI is InChI=1S/C8H11N5O/c1-13-3-2-9-7(13)4-6(14)8-10-5-11-12-8/h2-3,5-6,14H,4H2,1H3,(H,10,11,12). The highest BCUT2D eigenvalue weighted by Crippen LogP contribution is 2.11. The van der Waals surface area contributed by atoms with Gasteiger partial charge < -0.3 is 9.67 Å². The number of nitrogens with one attached hydrogen (secondary N) is 1. The second-order valence-corrected chi connectivity index (χ2v) is 3.05. The molecule has 0 aliphatic heterocycles. The first-order valence-corrected chi connectivity index (χ1v) is 4.27. The zero-order chi connectivity index (χ0) is 9.97. The fourth-order valence-electron chi connectivity index (χ4n) is 1.24. The Morgan fingerprint density at radius 1 is 1.57 bits per heavy atom. The zero-order valence-electron chi connectivity index (χ0n) is 7.75. The van der Waals surface area contributed by atoms with Crippen molar-refractivity contribution in [1.82, 2.24) is 24.7 Å². The lowest BCUT2D eigenvalue weighted by atomic mass is 10.2. The van der Waals surface area contributed by atoms with Crippen LogP contribution in [0.3, 0.4) is 0 Å². The molecular weight excluding hydrogens is 182 g/mol. The normalized spacial score (nSPS) is 13.0. The minimum absolute atomic E-state index is 0.429. The van der Waals surface area contributed by atoms with Crippen LogP contribution in [0, 0.1) is 0 Å². The Labute approximate surface area is 80.6 Å². The number of aromatic amines is 1. The molecule has 2 heterocycles. The molecule has 0 radical (unpaired) electrons. The van der Waals surface area contributed by atoms with Crippen molar-refractivity contribution >= 4 is 0 Å². The molecular formula is C8H11N5O. The molecule has 0 aromatic carbocycles. The molecule has 2 aromatic heterocycles. The number of aliphatic hydroxyl groups is 1. The van der Waals surface area contributed by atoms with Gasteiger partial charge in [0.1, 0.15) is 18.3 Å². The first kappa shape index (κ1) is 8.89. The summed E-state index contributed by atoms with van der Waals surface area (Å²) in [6.07, 6.45) is 4.65. The van der Waals surface area contributed by atoms with Gasteiger partial charge in [-0.05, 0) is 0 Å². The second-order valence-electron chi connectivity index (χ2n) is 3.05. The molecule has 0 saturated carbocycles. The number of aromatic nitrogens is 5. The summed E-state index contributed by atoms with van der Waals surface area (Å²) in [6, 6.07) is 0. The van der Waals surface area contributed by atoms with E-state index in [0.29, 0.717) is 12.2 Å². The number of aliphatic hydroxyl groups excluding tert-OH is 1. The van der Waals surface area contributed by atoms with E-state index in [0.717, 1.165) is 5.82 Å². The largest absolute Gasteiger partial charge is 0.385 e. The number of H-pyrrole nitrogens is 1. The number of imidazole rings is 1. The number of nitrogens with zero attached hydrogens (tertiary/aromatic N) is 4. The number of aryl methyl sites for hydroxylation is 1. The molecule has 0 bridgehead atoms. The van der Waals surface area contributed by atoms with Crippen molar-refractivity contribution in [2.45, 2.75) is 12.5 Å². The van der Waals surface area contributed by atoms with Crippen LogP contribution in [-0.2, 0) is 13.5 Å². The minimum Gasteiger partial charge on any atom is -0.385 e. The van der Waals surface area contributed by atoms with E-state index >= 15 is 0 Å². The third-order valence-corrected chi connectivity index (χ3v) is 2.05. The fraction of sp³-hybridized carbons (Fsp3) is 0.375. The quantitative estimate of drug-likeness (QED) is 0.708. The van der Waals surface area contributed by atoms with Crippen molar-refractivity contribution in [2.24, 2.45) is 7.05 Å². The smallest absolute Gasteiger partial charge is 0.153 e. The fourth-order valence-corrected chi connectivity index (χ4v) is 1.24. The van der Waals surface area contributed by atoms with Crippen molar-refractivity contribution in [3.63, 3.8) is 0 Å². The first-order valence-electron chi connectivity index (χ1n) is 4.27. The maximum atomic E-state index is 9.72. The third kappa shape index (κ3) is 1.64. The maximum absolute atomic E-state index is 9.72. The van der Waals surface area contributed by atoms with Crippen LogP contribution < -0.4 is 0 Å². The molecule has 0 aliphatic carbocycles. The van der Waals surface area contributed by atoms with Gasteiger partial charge in [0.05, 0.1) is 0 Å². The summed E-state index contributed by atoms with van der Waals surface area (Å²) in [5, 5.41) is 16.0. The molecule has 2 rings (SSSR count). The summed E-state index contributed by atoms with van der Waals surface area (Å²) in [6.45, 7) is 0. The van der Waals surface area contributed by atoms with Gasteiger partial charge in [0.2, 0.25) is 0 Å². The molecule has 0 fully saturated rings. The molecule has 0 aliphatic rings. The highest BCUT2D eigenvalue weighted by atomic mass is 16.3. The Kier molecular flexibility index (Phi) is 2.28. The summed E-state index contributed by atoms with van der Waals surface area (Å²) in [5.74, 6) is 1.28. The van der Waals surface area contributed by atoms with Crippen LogP contribution in [0.4, 0.5) is 0 Å². The molecule has 2 aromatic rings. The van der Waals surface area contributed by atoms with Crippen molar-refractivity contribution in [1.29, 1.82) is 0 Å². The summed E-state index contributed by atoms with van der Waals surface area (Å²) in [5.41, 5.74) is 0. The lowest BCUT2D eigenvalue weighted by Gasteiger charge is -2.06. The lowest BCUT2D eigenvalue weighted by Crippen LogP contribution is -2.08. The molecule has 1 atom stereocenters. The molecule has 2 N–H and O–H groups in total. The molecule has 6 nitrogen and oxygen atoms in total. The highest BCUT2D eigenvalue weighted by molar-refractivity contribution is 4.98. The summed E-state index contributed by atoms with van der Waals surface area (Å²) >= 11 is 0. The van der Waals surface area contributed by atoms with E-state index in [2.05, 4.69) is 20.2 Å². The second kappa shape index (κ2) is 3.59. The van der Waals surface area contributed by atoms with Crippen LogP contribution in [0.1, 0.15) is 17.8 Å². The van der Waals surface area contributed by atoms with Gasteiger partial charge in [0.25, 0.3) is 0 Å². The molecule has 0 spiro atoms. The van der Waals surface area contributed by atoms with Crippen LogP contribution in [0.15, 0.2) is 18.7 Å². The molecule has 0 amide bonds. The van der Waals surface area contributed by atoms with E-state index < -0.39 is 6.10 Å². The average Bonchev–Trinajstić information content (AvgIpc) is 2.77. The van der Waals surface area contributed by atoms with Crippen molar-refractivity contribution in [3.8, 4) is 0 Å². The van der Waals surface area contributed by atoms with Gasteiger partial charge in [-0.15, -0.1) is 0 Å². The molecule has 0 saturated heterocycles. The van der Waals surface area contributed by atoms with Crippen molar-refractivity contribution in [3.05, 3.63) is 30.4 Å². The number of hydrogen-bond donors (Lipinski definition) is 2. The van der Waals surface area contributed by atoms with E-state index in [9.17, 15) is 5.11 Å². The van der Waals surface area contributed by atoms with Gasteiger partial charge in [-0.3, -0.25) is 5.10 Å². The Morgan fingerprint density at radius 3 is 3.00 bits per heavy atom. The Balaban J connectivity index is 2.09. The molecule has 74 valence electrons.